The van der Waals surface area contributed by atoms with E-state index in [0.29, 0.717) is 5.95 Å². The lowest BCUT2D eigenvalue weighted by Crippen LogP contribution is -2.04. The first kappa shape index (κ1) is 12.4. The minimum absolute atomic E-state index is 0.616. The molecule has 0 saturated carbocycles. The summed E-state index contributed by atoms with van der Waals surface area (Å²) in [4.78, 5) is 8.63. The number of benzene rings is 1. The van der Waals surface area contributed by atoms with Gasteiger partial charge in [0, 0.05) is 18.4 Å². The minimum atomic E-state index is 0.616. The van der Waals surface area contributed by atoms with Crippen LogP contribution in [0.5, 0.6) is 0 Å². The van der Waals surface area contributed by atoms with Gasteiger partial charge in [0.15, 0.2) is 0 Å². The van der Waals surface area contributed by atoms with E-state index in [0.717, 1.165) is 24.5 Å². The van der Waals surface area contributed by atoms with Crippen molar-refractivity contribution < 1.29 is 0 Å². The molecular formula is C14H18N4. The molecule has 0 aliphatic heterocycles. The van der Waals surface area contributed by atoms with Crippen LogP contribution in [0.3, 0.4) is 0 Å². The van der Waals surface area contributed by atoms with Gasteiger partial charge in [0.1, 0.15) is 5.82 Å². The summed E-state index contributed by atoms with van der Waals surface area (Å²) in [7, 11) is 0. The number of rotatable bonds is 5. The van der Waals surface area contributed by atoms with Crippen molar-refractivity contribution in [2.75, 3.05) is 17.2 Å². The van der Waals surface area contributed by atoms with Gasteiger partial charge in [-0.1, -0.05) is 25.1 Å². The summed E-state index contributed by atoms with van der Waals surface area (Å²) in [5.41, 5.74) is 2.21. The molecule has 1 aromatic heterocycles. The van der Waals surface area contributed by atoms with E-state index in [9.17, 15) is 0 Å². The summed E-state index contributed by atoms with van der Waals surface area (Å²) in [5.74, 6) is 1.47. The maximum Gasteiger partial charge on any atom is 0.229 e. The van der Waals surface area contributed by atoms with E-state index < -0.39 is 0 Å². The molecule has 4 nitrogen and oxygen atoms in total. The van der Waals surface area contributed by atoms with E-state index in [4.69, 9.17) is 0 Å². The van der Waals surface area contributed by atoms with E-state index in [1.165, 1.54) is 5.56 Å². The lowest BCUT2D eigenvalue weighted by molar-refractivity contribution is 0.966. The van der Waals surface area contributed by atoms with Crippen LogP contribution >= 0.6 is 0 Å². The van der Waals surface area contributed by atoms with Crippen molar-refractivity contribution in [3.05, 3.63) is 42.1 Å². The third-order valence-electron chi connectivity index (χ3n) is 2.60. The highest BCUT2D eigenvalue weighted by atomic mass is 15.1. The minimum Gasteiger partial charge on any atom is -0.370 e. The van der Waals surface area contributed by atoms with Crippen molar-refractivity contribution in [3.63, 3.8) is 0 Å². The number of hydrogen-bond donors (Lipinski definition) is 2. The number of para-hydroxylation sites is 1. The van der Waals surface area contributed by atoms with E-state index in [2.05, 4.69) is 40.5 Å². The highest BCUT2D eigenvalue weighted by Gasteiger charge is 2.01. The molecule has 0 radical (unpaired) electrons. The Bertz CT molecular complexity index is 511. The van der Waals surface area contributed by atoms with Crippen molar-refractivity contribution in [1.82, 2.24) is 9.97 Å². The molecule has 0 bridgehead atoms. The lowest BCUT2D eigenvalue weighted by atomic mass is 10.2. The molecule has 0 fully saturated rings. The van der Waals surface area contributed by atoms with Gasteiger partial charge in [0.25, 0.3) is 0 Å². The lowest BCUT2D eigenvalue weighted by Gasteiger charge is -2.09. The Labute approximate surface area is 107 Å². The molecule has 1 aromatic carbocycles. The average molecular weight is 242 g/mol. The van der Waals surface area contributed by atoms with Gasteiger partial charge < -0.3 is 10.6 Å². The second kappa shape index (κ2) is 6.00. The molecule has 94 valence electrons. The molecule has 2 aromatic rings. The molecule has 2 rings (SSSR count). The van der Waals surface area contributed by atoms with Crippen molar-refractivity contribution in [1.29, 1.82) is 0 Å². The third kappa shape index (κ3) is 3.20. The second-order valence-corrected chi connectivity index (χ2v) is 4.13. The molecule has 1 heterocycles. The first-order valence-corrected chi connectivity index (χ1v) is 6.19. The third-order valence-corrected chi connectivity index (χ3v) is 2.60. The largest absolute Gasteiger partial charge is 0.370 e. The van der Waals surface area contributed by atoms with E-state index in [1.54, 1.807) is 6.20 Å². The Hall–Kier alpha value is -2.10. The zero-order valence-corrected chi connectivity index (χ0v) is 10.8. The summed E-state index contributed by atoms with van der Waals surface area (Å²) in [6.07, 6.45) is 2.83. The van der Waals surface area contributed by atoms with Gasteiger partial charge in [-0.05, 0) is 31.0 Å². The molecule has 0 saturated heterocycles. The van der Waals surface area contributed by atoms with Crippen LogP contribution in [0.15, 0.2) is 36.5 Å². The topological polar surface area (TPSA) is 49.8 Å². The fourth-order valence-electron chi connectivity index (χ4n) is 1.60. The summed E-state index contributed by atoms with van der Waals surface area (Å²) < 4.78 is 0. The average Bonchev–Trinajstić information content (AvgIpc) is 2.40. The monoisotopic (exact) mass is 242 g/mol. The standard InChI is InChI=1S/C14H18N4/c1-3-9-15-13-8-10-16-14(18-13)17-12-7-5-4-6-11(12)2/h4-8,10H,3,9H2,1-2H3,(H2,15,16,17,18). The van der Waals surface area contributed by atoms with Gasteiger partial charge in [0.05, 0.1) is 0 Å². The normalized spacial score (nSPS) is 10.1. The number of nitrogens with zero attached hydrogens (tertiary/aromatic N) is 2. The molecule has 0 aliphatic carbocycles. The van der Waals surface area contributed by atoms with Crippen LogP contribution in [0.2, 0.25) is 0 Å². The maximum absolute atomic E-state index is 4.41. The molecule has 0 aliphatic rings. The predicted octanol–water partition coefficient (Wildman–Crippen LogP) is 3.35. The number of aryl methyl sites for hydroxylation is 1. The summed E-state index contributed by atoms with van der Waals surface area (Å²) in [6, 6.07) is 9.96. The molecule has 2 N–H and O–H groups in total. The zero-order chi connectivity index (χ0) is 12.8. The SMILES string of the molecule is CCCNc1ccnc(Nc2ccccc2C)n1. The van der Waals surface area contributed by atoms with Crippen LogP contribution in [0.25, 0.3) is 0 Å². The van der Waals surface area contributed by atoms with Gasteiger partial charge in [-0.3, -0.25) is 0 Å². The summed E-state index contributed by atoms with van der Waals surface area (Å²) in [6.45, 7) is 5.10. The quantitative estimate of drug-likeness (QED) is 0.844. The summed E-state index contributed by atoms with van der Waals surface area (Å²) in [5, 5.41) is 6.47. The Morgan fingerprint density at radius 2 is 2.00 bits per heavy atom. The van der Waals surface area contributed by atoms with Crippen LogP contribution < -0.4 is 10.6 Å². The van der Waals surface area contributed by atoms with Gasteiger partial charge in [0.2, 0.25) is 5.95 Å². The fourth-order valence-corrected chi connectivity index (χ4v) is 1.60. The number of nitrogens with one attached hydrogen (secondary N) is 2. The van der Waals surface area contributed by atoms with Crippen LogP contribution in [-0.2, 0) is 0 Å². The van der Waals surface area contributed by atoms with E-state index in [-0.39, 0.29) is 0 Å². The van der Waals surface area contributed by atoms with Gasteiger partial charge in [-0.15, -0.1) is 0 Å². The smallest absolute Gasteiger partial charge is 0.229 e. The first-order valence-electron chi connectivity index (χ1n) is 6.19. The molecule has 0 atom stereocenters. The van der Waals surface area contributed by atoms with Crippen LogP contribution in [0.1, 0.15) is 18.9 Å². The van der Waals surface area contributed by atoms with Gasteiger partial charge in [-0.25, -0.2) is 4.98 Å². The highest BCUT2D eigenvalue weighted by Crippen LogP contribution is 2.17. The van der Waals surface area contributed by atoms with E-state index in [1.807, 2.05) is 24.3 Å². The Morgan fingerprint density at radius 1 is 1.17 bits per heavy atom. The molecule has 4 heteroatoms. The predicted molar refractivity (Wildman–Crippen MR) is 75.3 cm³/mol. The highest BCUT2D eigenvalue weighted by molar-refractivity contribution is 5.58. The first-order chi connectivity index (χ1) is 8.79. The van der Waals surface area contributed by atoms with Gasteiger partial charge >= 0.3 is 0 Å². The Balaban J connectivity index is 2.12. The van der Waals surface area contributed by atoms with E-state index >= 15 is 0 Å². The van der Waals surface area contributed by atoms with Crippen molar-refractivity contribution >= 4 is 17.5 Å². The van der Waals surface area contributed by atoms with Crippen LogP contribution in [-0.4, -0.2) is 16.5 Å². The Kier molecular flexibility index (Phi) is 4.12. The second-order valence-electron chi connectivity index (χ2n) is 4.13. The van der Waals surface area contributed by atoms with Gasteiger partial charge in [-0.2, -0.15) is 4.98 Å². The van der Waals surface area contributed by atoms with Crippen LogP contribution in [0.4, 0.5) is 17.5 Å². The summed E-state index contributed by atoms with van der Waals surface area (Å²) >= 11 is 0. The van der Waals surface area contributed by atoms with Crippen molar-refractivity contribution in [2.45, 2.75) is 20.3 Å². The van der Waals surface area contributed by atoms with Crippen molar-refractivity contribution in [3.8, 4) is 0 Å². The number of hydrogen-bond acceptors (Lipinski definition) is 4. The van der Waals surface area contributed by atoms with Crippen LogP contribution in [0, 0.1) is 6.92 Å². The van der Waals surface area contributed by atoms with Crippen molar-refractivity contribution in [2.24, 2.45) is 0 Å². The molecule has 0 unspecified atom stereocenters. The molecule has 18 heavy (non-hydrogen) atoms. The maximum atomic E-state index is 4.41. The molecule has 0 amide bonds. The molecular weight excluding hydrogens is 224 g/mol. The number of aromatic nitrogens is 2. The molecule has 0 spiro atoms. The fraction of sp³-hybridized carbons (Fsp3) is 0.286. The Morgan fingerprint density at radius 3 is 2.78 bits per heavy atom. The zero-order valence-electron chi connectivity index (χ0n) is 10.8. The number of anilines is 3.